The molecule has 0 aromatic heterocycles. The van der Waals surface area contributed by atoms with Crippen LogP contribution in [0.3, 0.4) is 0 Å². The summed E-state index contributed by atoms with van der Waals surface area (Å²) in [5, 5.41) is 10.2. The Balaban J connectivity index is 1.69. The second-order valence-corrected chi connectivity index (χ2v) is 7.43. The SMILES string of the molecule is COc1cc([C@H]2O[C@@H](c3cc(OC)c4c(c3)OCO4)[C@H](C)[C@H]2C)cc(OC)c1O. The van der Waals surface area contributed by atoms with Crippen molar-refractivity contribution in [2.45, 2.75) is 26.1 Å². The van der Waals surface area contributed by atoms with Crippen molar-refractivity contribution in [2.75, 3.05) is 28.1 Å². The Morgan fingerprint density at radius 1 is 0.793 bits per heavy atom. The molecule has 2 aliphatic rings. The number of phenolic OH excluding ortho intramolecular Hbond substituents is 1. The van der Waals surface area contributed by atoms with Crippen LogP contribution in [0, 0.1) is 11.8 Å². The van der Waals surface area contributed by atoms with Crippen molar-refractivity contribution in [3.63, 3.8) is 0 Å². The van der Waals surface area contributed by atoms with E-state index in [0.717, 1.165) is 11.1 Å². The van der Waals surface area contributed by atoms with Gasteiger partial charge in [0.15, 0.2) is 23.0 Å². The van der Waals surface area contributed by atoms with E-state index in [9.17, 15) is 5.11 Å². The van der Waals surface area contributed by atoms with Gasteiger partial charge in [-0.1, -0.05) is 13.8 Å². The van der Waals surface area contributed by atoms with E-state index in [0.29, 0.717) is 28.7 Å². The Hall–Kier alpha value is -2.80. The number of aromatic hydroxyl groups is 1. The fraction of sp³-hybridized carbons (Fsp3) is 0.455. The highest BCUT2D eigenvalue weighted by atomic mass is 16.7. The second kappa shape index (κ2) is 7.55. The molecule has 4 rings (SSSR count). The van der Waals surface area contributed by atoms with E-state index >= 15 is 0 Å². The van der Waals surface area contributed by atoms with Crippen LogP contribution in [0.1, 0.15) is 37.2 Å². The fourth-order valence-electron chi connectivity index (χ4n) is 4.11. The molecule has 29 heavy (non-hydrogen) atoms. The average molecular weight is 402 g/mol. The Morgan fingerprint density at radius 3 is 1.86 bits per heavy atom. The van der Waals surface area contributed by atoms with Gasteiger partial charge in [0.2, 0.25) is 18.3 Å². The Kier molecular flexibility index (Phi) is 5.08. The Morgan fingerprint density at radius 2 is 1.31 bits per heavy atom. The first-order valence-electron chi connectivity index (χ1n) is 9.56. The number of fused-ring (bicyclic) bond motifs is 1. The number of hydrogen-bond donors (Lipinski definition) is 1. The lowest BCUT2D eigenvalue weighted by atomic mass is 9.85. The predicted molar refractivity (Wildman–Crippen MR) is 105 cm³/mol. The molecule has 0 saturated carbocycles. The normalized spacial score (nSPS) is 25.1. The first kappa shape index (κ1) is 19.5. The van der Waals surface area contributed by atoms with E-state index in [1.54, 1.807) is 19.2 Å². The number of benzene rings is 2. The third-order valence-electron chi connectivity index (χ3n) is 5.92. The van der Waals surface area contributed by atoms with Gasteiger partial charge in [-0.3, -0.25) is 0 Å². The smallest absolute Gasteiger partial charge is 0.231 e. The summed E-state index contributed by atoms with van der Waals surface area (Å²) in [5.41, 5.74) is 1.87. The molecular formula is C22H26O7. The molecule has 2 aromatic carbocycles. The molecule has 1 N–H and O–H groups in total. The van der Waals surface area contributed by atoms with Gasteiger partial charge in [0.05, 0.1) is 33.5 Å². The number of phenols is 1. The fourth-order valence-corrected chi connectivity index (χ4v) is 4.11. The third kappa shape index (κ3) is 3.19. The monoisotopic (exact) mass is 402 g/mol. The van der Waals surface area contributed by atoms with Gasteiger partial charge >= 0.3 is 0 Å². The first-order chi connectivity index (χ1) is 14.0. The van der Waals surface area contributed by atoms with E-state index in [2.05, 4.69) is 13.8 Å². The zero-order valence-electron chi connectivity index (χ0n) is 17.2. The number of hydrogen-bond acceptors (Lipinski definition) is 7. The molecule has 0 unspecified atom stereocenters. The van der Waals surface area contributed by atoms with E-state index < -0.39 is 0 Å². The summed E-state index contributed by atoms with van der Waals surface area (Å²) in [6.07, 6.45) is -0.334. The van der Waals surface area contributed by atoms with Crippen molar-refractivity contribution in [1.29, 1.82) is 0 Å². The molecule has 4 atom stereocenters. The van der Waals surface area contributed by atoms with Crippen LogP contribution in [0.25, 0.3) is 0 Å². The molecule has 0 bridgehead atoms. The molecular weight excluding hydrogens is 376 g/mol. The Labute approximate surface area is 170 Å². The molecule has 0 radical (unpaired) electrons. The van der Waals surface area contributed by atoms with Crippen molar-refractivity contribution in [3.05, 3.63) is 35.4 Å². The zero-order valence-corrected chi connectivity index (χ0v) is 17.2. The molecule has 1 fully saturated rings. The van der Waals surface area contributed by atoms with E-state index in [-0.39, 0.29) is 36.6 Å². The lowest BCUT2D eigenvalue weighted by Gasteiger charge is -2.19. The molecule has 0 amide bonds. The van der Waals surface area contributed by atoms with Gasteiger partial charge in [-0.25, -0.2) is 0 Å². The highest BCUT2D eigenvalue weighted by molar-refractivity contribution is 5.56. The minimum absolute atomic E-state index is 0.0190. The quantitative estimate of drug-likeness (QED) is 0.802. The van der Waals surface area contributed by atoms with Crippen LogP contribution in [0.2, 0.25) is 0 Å². The van der Waals surface area contributed by atoms with Crippen LogP contribution < -0.4 is 23.7 Å². The van der Waals surface area contributed by atoms with E-state index in [1.807, 2.05) is 12.1 Å². The van der Waals surface area contributed by atoms with Crippen LogP contribution in [0.15, 0.2) is 24.3 Å². The van der Waals surface area contributed by atoms with Crippen LogP contribution in [-0.2, 0) is 4.74 Å². The maximum absolute atomic E-state index is 10.2. The largest absolute Gasteiger partial charge is 0.502 e. The van der Waals surface area contributed by atoms with Crippen LogP contribution in [-0.4, -0.2) is 33.2 Å². The molecule has 0 aliphatic carbocycles. The van der Waals surface area contributed by atoms with Crippen LogP contribution >= 0.6 is 0 Å². The molecule has 1 saturated heterocycles. The lowest BCUT2D eigenvalue weighted by Crippen LogP contribution is -2.10. The number of ether oxygens (including phenoxy) is 6. The molecule has 2 aromatic rings. The van der Waals surface area contributed by atoms with Gasteiger partial charge in [-0.05, 0) is 47.2 Å². The topological polar surface area (TPSA) is 75.6 Å². The summed E-state index contributed by atoms with van der Waals surface area (Å²) in [7, 11) is 4.64. The van der Waals surface area contributed by atoms with Crippen molar-refractivity contribution < 1.29 is 33.5 Å². The zero-order chi connectivity index (χ0) is 20.7. The molecule has 156 valence electrons. The van der Waals surface area contributed by atoms with Crippen molar-refractivity contribution in [3.8, 4) is 34.5 Å². The maximum Gasteiger partial charge on any atom is 0.231 e. The molecule has 2 heterocycles. The minimum atomic E-state index is -0.185. The summed E-state index contributed by atoms with van der Waals surface area (Å²) >= 11 is 0. The van der Waals surface area contributed by atoms with Gasteiger partial charge in [-0.2, -0.15) is 0 Å². The van der Waals surface area contributed by atoms with Gasteiger partial charge in [-0.15, -0.1) is 0 Å². The highest BCUT2D eigenvalue weighted by Gasteiger charge is 2.42. The van der Waals surface area contributed by atoms with Crippen molar-refractivity contribution in [1.82, 2.24) is 0 Å². The highest BCUT2D eigenvalue weighted by Crippen LogP contribution is 2.53. The average Bonchev–Trinajstić information content (AvgIpc) is 3.32. The standard InChI is InChI=1S/C22H26O7/c1-11-12(2)21(14-8-17(26-5)22-18(9-14)27-10-28-22)29-20(11)13-6-15(24-3)19(23)16(7-13)25-4/h6-9,11-12,20-21,23H,10H2,1-5H3/t11-,12-,20+,21-/m1/s1. The summed E-state index contributed by atoms with van der Waals surface area (Å²) < 4.78 is 33.7. The molecule has 0 spiro atoms. The van der Waals surface area contributed by atoms with E-state index in [1.165, 1.54) is 14.2 Å². The molecule has 7 heteroatoms. The third-order valence-corrected chi connectivity index (χ3v) is 5.92. The Bertz CT molecular complexity index is 861. The molecule has 2 aliphatic heterocycles. The first-order valence-corrected chi connectivity index (χ1v) is 9.56. The van der Waals surface area contributed by atoms with Gasteiger partial charge in [0, 0.05) is 0 Å². The van der Waals surface area contributed by atoms with Gasteiger partial charge in [0.25, 0.3) is 0 Å². The maximum atomic E-state index is 10.2. The minimum Gasteiger partial charge on any atom is -0.502 e. The second-order valence-electron chi connectivity index (χ2n) is 7.43. The number of methoxy groups -OCH3 is 3. The lowest BCUT2D eigenvalue weighted by molar-refractivity contribution is 0.0286. The van der Waals surface area contributed by atoms with E-state index in [4.69, 9.17) is 28.4 Å². The summed E-state index contributed by atoms with van der Waals surface area (Å²) in [6, 6.07) is 7.50. The summed E-state index contributed by atoms with van der Waals surface area (Å²) in [6.45, 7) is 4.51. The summed E-state index contributed by atoms with van der Waals surface area (Å²) in [5.74, 6) is 3.07. The number of rotatable bonds is 5. The predicted octanol–water partition coefficient (Wildman–Crippen LogP) is 4.23. The van der Waals surface area contributed by atoms with Gasteiger partial charge in [0.1, 0.15) is 0 Å². The van der Waals surface area contributed by atoms with Crippen molar-refractivity contribution in [2.24, 2.45) is 11.8 Å². The van der Waals surface area contributed by atoms with Crippen molar-refractivity contribution >= 4 is 0 Å². The molecule has 7 nitrogen and oxygen atoms in total. The van der Waals surface area contributed by atoms with Crippen LogP contribution in [0.5, 0.6) is 34.5 Å². The summed E-state index contributed by atoms with van der Waals surface area (Å²) in [4.78, 5) is 0. The van der Waals surface area contributed by atoms with Gasteiger partial charge < -0.3 is 33.5 Å². The van der Waals surface area contributed by atoms with Crippen LogP contribution in [0.4, 0.5) is 0 Å².